The van der Waals surface area contributed by atoms with Gasteiger partial charge in [-0.25, -0.2) is 0 Å². The minimum atomic E-state index is 0.363. The van der Waals surface area contributed by atoms with Crippen LogP contribution >= 0.6 is 0 Å². The average molecular weight is 260 g/mol. The van der Waals surface area contributed by atoms with Crippen molar-refractivity contribution in [2.45, 2.75) is 57.5 Å². The third-order valence-electron chi connectivity index (χ3n) is 4.61. The lowest BCUT2D eigenvalue weighted by atomic mass is 9.94. The van der Waals surface area contributed by atoms with Crippen LogP contribution in [0.2, 0.25) is 0 Å². The maximum absolute atomic E-state index is 6.10. The van der Waals surface area contributed by atoms with E-state index >= 15 is 0 Å². The van der Waals surface area contributed by atoms with Gasteiger partial charge in [-0.1, -0.05) is 38.1 Å². The fourth-order valence-corrected chi connectivity index (χ4v) is 3.21. The third-order valence-corrected chi connectivity index (χ3v) is 4.61. The molecule has 1 atom stereocenters. The van der Waals surface area contributed by atoms with Gasteiger partial charge in [0.05, 0.1) is 0 Å². The van der Waals surface area contributed by atoms with Crippen molar-refractivity contribution in [2.24, 2.45) is 5.73 Å². The predicted molar refractivity (Wildman–Crippen MR) is 82.3 cm³/mol. The minimum absolute atomic E-state index is 0.363. The molecule has 0 radical (unpaired) electrons. The predicted octanol–water partition coefficient (Wildman–Crippen LogP) is 3.68. The Morgan fingerprint density at radius 1 is 1.21 bits per heavy atom. The smallest absolute Gasteiger partial charge is 0.0473 e. The average Bonchev–Trinajstić information content (AvgIpc) is 3.26. The lowest BCUT2D eigenvalue weighted by Crippen LogP contribution is -2.38. The molecule has 0 spiro atoms. The Kier molecular flexibility index (Phi) is 5.00. The molecule has 0 aromatic heterocycles. The summed E-state index contributed by atoms with van der Waals surface area (Å²) in [6.45, 7) is 5.24. The van der Waals surface area contributed by atoms with Crippen LogP contribution in [0.3, 0.4) is 0 Å². The van der Waals surface area contributed by atoms with Crippen LogP contribution in [0.25, 0.3) is 0 Å². The number of rotatable bonds is 7. The monoisotopic (exact) mass is 260 g/mol. The van der Waals surface area contributed by atoms with Gasteiger partial charge in [-0.2, -0.15) is 0 Å². The summed E-state index contributed by atoms with van der Waals surface area (Å²) in [6, 6.07) is 9.90. The van der Waals surface area contributed by atoms with E-state index in [9.17, 15) is 0 Å². The van der Waals surface area contributed by atoms with Crippen molar-refractivity contribution in [3.63, 3.8) is 0 Å². The Morgan fingerprint density at radius 3 is 2.37 bits per heavy atom. The lowest BCUT2D eigenvalue weighted by Gasteiger charge is -2.35. The van der Waals surface area contributed by atoms with Crippen LogP contribution in [-0.2, 0) is 0 Å². The molecule has 1 saturated carbocycles. The topological polar surface area (TPSA) is 29.3 Å². The van der Waals surface area contributed by atoms with Gasteiger partial charge in [0.2, 0.25) is 0 Å². The zero-order chi connectivity index (χ0) is 13.8. The molecular weight excluding hydrogens is 232 g/mol. The highest BCUT2D eigenvalue weighted by Crippen LogP contribution is 2.43. The standard InChI is InChI=1S/C17H28N2/c1-4-14(5-2)19(3)17(12-18)16-9-7-6-8-15(16)13-10-11-13/h6-9,13-14,17H,4-5,10-12,18H2,1-3H3. The number of nitrogens with two attached hydrogens (primary N) is 1. The molecule has 1 fully saturated rings. The van der Waals surface area contributed by atoms with E-state index in [0.29, 0.717) is 18.6 Å². The van der Waals surface area contributed by atoms with E-state index in [1.54, 1.807) is 0 Å². The van der Waals surface area contributed by atoms with Gasteiger partial charge in [0.15, 0.2) is 0 Å². The molecule has 0 amide bonds. The fraction of sp³-hybridized carbons (Fsp3) is 0.647. The highest BCUT2D eigenvalue weighted by Gasteiger charge is 2.30. The van der Waals surface area contributed by atoms with Gasteiger partial charge in [-0.05, 0) is 49.8 Å². The zero-order valence-corrected chi connectivity index (χ0v) is 12.6. The van der Waals surface area contributed by atoms with E-state index in [1.807, 2.05) is 0 Å². The first-order valence-electron chi connectivity index (χ1n) is 7.73. The number of hydrogen-bond acceptors (Lipinski definition) is 2. The van der Waals surface area contributed by atoms with E-state index in [1.165, 1.54) is 36.8 Å². The molecule has 19 heavy (non-hydrogen) atoms. The van der Waals surface area contributed by atoms with Crippen LogP contribution in [0.5, 0.6) is 0 Å². The van der Waals surface area contributed by atoms with E-state index < -0.39 is 0 Å². The largest absolute Gasteiger partial charge is 0.329 e. The number of likely N-dealkylation sites (N-methyl/N-ethyl adjacent to an activating group) is 1. The molecule has 0 saturated heterocycles. The highest BCUT2D eigenvalue weighted by molar-refractivity contribution is 5.35. The third kappa shape index (κ3) is 3.18. The van der Waals surface area contributed by atoms with Crippen molar-refractivity contribution in [3.05, 3.63) is 35.4 Å². The molecule has 1 aromatic carbocycles. The van der Waals surface area contributed by atoms with Gasteiger partial charge in [0, 0.05) is 18.6 Å². The van der Waals surface area contributed by atoms with Crippen LogP contribution in [0.15, 0.2) is 24.3 Å². The molecule has 1 aliphatic carbocycles. The zero-order valence-electron chi connectivity index (χ0n) is 12.6. The first kappa shape index (κ1) is 14.5. The summed E-state index contributed by atoms with van der Waals surface area (Å²) in [5.74, 6) is 0.792. The first-order valence-corrected chi connectivity index (χ1v) is 7.73. The van der Waals surface area contributed by atoms with E-state index in [2.05, 4.69) is 50.1 Å². The summed E-state index contributed by atoms with van der Waals surface area (Å²) < 4.78 is 0. The Labute approximate surface area is 118 Å². The van der Waals surface area contributed by atoms with E-state index in [-0.39, 0.29) is 0 Å². The summed E-state index contributed by atoms with van der Waals surface area (Å²) in [5.41, 5.74) is 9.10. The van der Waals surface area contributed by atoms with Crippen molar-refractivity contribution in [2.75, 3.05) is 13.6 Å². The van der Waals surface area contributed by atoms with Gasteiger partial charge >= 0.3 is 0 Å². The van der Waals surface area contributed by atoms with Crippen LogP contribution in [0.4, 0.5) is 0 Å². The normalized spacial score (nSPS) is 17.2. The molecule has 2 heteroatoms. The van der Waals surface area contributed by atoms with Crippen molar-refractivity contribution in [3.8, 4) is 0 Å². The fourth-order valence-electron chi connectivity index (χ4n) is 3.21. The first-order chi connectivity index (χ1) is 9.22. The SMILES string of the molecule is CCC(CC)N(C)C(CN)c1ccccc1C1CC1. The molecule has 106 valence electrons. The number of benzene rings is 1. The second-order valence-electron chi connectivity index (χ2n) is 5.79. The molecule has 0 aliphatic heterocycles. The van der Waals surface area contributed by atoms with Crippen molar-refractivity contribution >= 4 is 0 Å². The minimum Gasteiger partial charge on any atom is -0.329 e. The van der Waals surface area contributed by atoms with Crippen molar-refractivity contribution in [1.29, 1.82) is 0 Å². The highest BCUT2D eigenvalue weighted by atomic mass is 15.2. The second-order valence-corrected chi connectivity index (χ2v) is 5.79. The quantitative estimate of drug-likeness (QED) is 0.810. The van der Waals surface area contributed by atoms with Crippen molar-refractivity contribution < 1.29 is 0 Å². The van der Waals surface area contributed by atoms with Crippen LogP contribution in [0, 0.1) is 0 Å². The summed E-state index contributed by atoms with van der Waals surface area (Å²) in [7, 11) is 2.23. The summed E-state index contributed by atoms with van der Waals surface area (Å²) in [5, 5.41) is 0. The number of hydrogen-bond donors (Lipinski definition) is 1. The Morgan fingerprint density at radius 2 is 1.84 bits per heavy atom. The van der Waals surface area contributed by atoms with Crippen LogP contribution in [0.1, 0.15) is 62.6 Å². The Balaban J connectivity index is 2.26. The Hall–Kier alpha value is -0.860. The van der Waals surface area contributed by atoms with Crippen LogP contribution < -0.4 is 5.73 Å². The van der Waals surface area contributed by atoms with Gasteiger partial charge in [0.25, 0.3) is 0 Å². The molecule has 1 aromatic rings. The second kappa shape index (κ2) is 6.53. The summed E-state index contributed by atoms with van der Waals surface area (Å²) >= 11 is 0. The Bertz CT molecular complexity index is 394. The van der Waals surface area contributed by atoms with E-state index in [4.69, 9.17) is 5.73 Å². The molecule has 2 rings (SSSR count). The molecule has 2 N–H and O–H groups in total. The van der Waals surface area contributed by atoms with Gasteiger partial charge in [-0.3, -0.25) is 4.90 Å². The molecule has 0 bridgehead atoms. The van der Waals surface area contributed by atoms with Crippen LogP contribution in [-0.4, -0.2) is 24.5 Å². The summed E-state index contributed by atoms with van der Waals surface area (Å²) in [4.78, 5) is 2.49. The van der Waals surface area contributed by atoms with E-state index in [0.717, 1.165) is 5.92 Å². The lowest BCUT2D eigenvalue weighted by molar-refractivity contribution is 0.167. The molecule has 1 unspecified atom stereocenters. The molecule has 1 aliphatic rings. The maximum Gasteiger partial charge on any atom is 0.0473 e. The molecule has 2 nitrogen and oxygen atoms in total. The maximum atomic E-state index is 6.10. The molecule has 0 heterocycles. The van der Waals surface area contributed by atoms with Crippen molar-refractivity contribution in [1.82, 2.24) is 4.90 Å². The van der Waals surface area contributed by atoms with Gasteiger partial charge in [0.1, 0.15) is 0 Å². The summed E-state index contributed by atoms with van der Waals surface area (Å²) in [6.07, 6.45) is 5.08. The number of nitrogens with zero attached hydrogens (tertiary/aromatic N) is 1. The van der Waals surface area contributed by atoms with Gasteiger partial charge < -0.3 is 5.73 Å². The van der Waals surface area contributed by atoms with Gasteiger partial charge in [-0.15, -0.1) is 0 Å². The molecular formula is C17H28N2.